The number of methoxy groups -OCH3 is 1. The van der Waals surface area contributed by atoms with Crippen molar-refractivity contribution in [3.05, 3.63) is 85.0 Å². The molecule has 0 radical (unpaired) electrons. The number of nitrogens with one attached hydrogen (secondary N) is 1. The van der Waals surface area contributed by atoms with Gasteiger partial charge >= 0.3 is 0 Å². The first kappa shape index (κ1) is 24.6. The summed E-state index contributed by atoms with van der Waals surface area (Å²) in [4.78, 5) is 46.9. The molecule has 0 bridgehead atoms. The highest BCUT2D eigenvalue weighted by atomic mass is 32.2. The minimum absolute atomic E-state index is 0.0627. The summed E-state index contributed by atoms with van der Waals surface area (Å²) >= 11 is 2.02. The molecule has 11 nitrogen and oxygen atoms in total. The zero-order valence-corrected chi connectivity index (χ0v) is 20.1. The number of nitro benzene ring substituents is 1. The van der Waals surface area contributed by atoms with Crippen LogP contribution in [0, 0.1) is 21.4 Å². The summed E-state index contributed by atoms with van der Waals surface area (Å²) in [7, 11) is 1.49. The normalized spacial score (nSPS) is 11.4. The highest BCUT2D eigenvalue weighted by molar-refractivity contribution is 8.00. The number of ether oxygens (including phenoxy) is 1. The van der Waals surface area contributed by atoms with E-state index in [1.807, 2.05) is 6.07 Å². The molecule has 1 amide bonds. The number of aromatic nitrogens is 3. The maximum absolute atomic E-state index is 12.6. The van der Waals surface area contributed by atoms with Crippen LogP contribution < -0.4 is 16.0 Å². The first-order valence-corrected chi connectivity index (χ1v) is 11.9. The van der Waals surface area contributed by atoms with E-state index in [9.17, 15) is 25.0 Å². The second-order valence-corrected chi connectivity index (χ2v) is 9.20. The zero-order valence-electron chi connectivity index (χ0n) is 18.5. The summed E-state index contributed by atoms with van der Waals surface area (Å²) in [5.41, 5.74) is 6.23. The van der Waals surface area contributed by atoms with Gasteiger partial charge in [0.05, 0.1) is 23.4 Å². The van der Waals surface area contributed by atoms with E-state index in [2.05, 4.69) is 15.0 Å². The number of nitrogens with zero attached hydrogens (tertiary/aromatic N) is 4. The van der Waals surface area contributed by atoms with Gasteiger partial charge in [-0.15, -0.1) is 11.3 Å². The maximum atomic E-state index is 12.6. The molecule has 2 aromatic carbocycles. The lowest BCUT2D eigenvalue weighted by atomic mass is 10.1. The molecule has 0 saturated heterocycles. The van der Waals surface area contributed by atoms with E-state index in [0.29, 0.717) is 27.6 Å². The van der Waals surface area contributed by atoms with Crippen LogP contribution in [-0.2, 0) is 4.79 Å². The Kier molecular flexibility index (Phi) is 7.09. The van der Waals surface area contributed by atoms with Crippen molar-refractivity contribution in [2.45, 2.75) is 10.4 Å². The third-order valence-electron chi connectivity index (χ3n) is 4.94. The van der Waals surface area contributed by atoms with Crippen molar-refractivity contribution in [2.24, 2.45) is 5.73 Å². The number of nitro groups is 1. The smallest absolute Gasteiger partial charge is 0.270 e. The van der Waals surface area contributed by atoms with Crippen LogP contribution in [0.2, 0.25) is 0 Å². The van der Waals surface area contributed by atoms with Gasteiger partial charge < -0.3 is 15.5 Å². The fourth-order valence-electron chi connectivity index (χ4n) is 3.25. The molecule has 2 aromatic heterocycles. The van der Waals surface area contributed by atoms with Crippen molar-refractivity contribution < 1.29 is 14.5 Å². The number of nitrogens with two attached hydrogens (primary N) is 1. The second kappa shape index (κ2) is 10.4. The number of benzene rings is 2. The number of aromatic amines is 1. The summed E-state index contributed by atoms with van der Waals surface area (Å²) in [6.07, 6.45) is 0. The lowest BCUT2D eigenvalue weighted by molar-refractivity contribution is -0.384. The molecule has 180 valence electrons. The second-order valence-electron chi connectivity index (χ2n) is 7.22. The largest absolute Gasteiger partial charge is 0.497 e. The molecule has 0 fully saturated rings. The summed E-state index contributed by atoms with van der Waals surface area (Å²) in [6.45, 7) is 0. The van der Waals surface area contributed by atoms with Crippen molar-refractivity contribution >= 4 is 34.7 Å². The van der Waals surface area contributed by atoms with Crippen molar-refractivity contribution in [1.29, 1.82) is 5.26 Å². The Morgan fingerprint density at radius 3 is 2.69 bits per heavy atom. The first-order valence-electron chi connectivity index (χ1n) is 10.2. The summed E-state index contributed by atoms with van der Waals surface area (Å²) in [5, 5.41) is 21.6. The van der Waals surface area contributed by atoms with E-state index in [-0.39, 0.29) is 22.1 Å². The molecule has 0 spiro atoms. The third-order valence-corrected chi connectivity index (χ3v) is 7.11. The van der Waals surface area contributed by atoms with Crippen LogP contribution in [0.3, 0.4) is 0 Å². The molecule has 1 atom stereocenters. The third kappa shape index (κ3) is 5.09. The molecule has 0 aliphatic carbocycles. The van der Waals surface area contributed by atoms with Crippen molar-refractivity contribution in [3.8, 4) is 34.3 Å². The Balaban J connectivity index is 1.71. The number of thioether (sulfide) groups is 1. The van der Waals surface area contributed by atoms with E-state index in [4.69, 9.17) is 10.5 Å². The average molecular weight is 521 g/mol. The Hall–Kier alpha value is -4.54. The summed E-state index contributed by atoms with van der Waals surface area (Å²) in [6, 6.07) is 14.5. The summed E-state index contributed by atoms with van der Waals surface area (Å²) in [5.74, 6) is -0.214. The van der Waals surface area contributed by atoms with E-state index in [0.717, 1.165) is 23.1 Å². The molecule has 36 heavy (non-hydrogen) atoms. The number of carbonyl (C=O) groups is 1. The molecule has 0 aliphatic heterocycles. The number of carbonyl (C=O) groups excluding carboxylic acids is 1. The number of rotatable bonds is 8. The van der Waals surface area contributed by atoms with Crippen molar-refractivity contribution in [1.82, 2.24) is 15.0 Å². The first-order chi connectivity index (χ1) is 17.3. The van der Waals surface area contributed by atoms with Crippen LogP contribution >= 0.6 is 23.1 Å². The standard InChI is InChI=1S/C23H16N6O5S2/c1-34-15-7-3-5-13(9-15)18-16(10-24)21(31)28-23(27-18)36-19(20(25)30)22-26-17(11-35-22)12-4-2-6-14(8-12)29(32)33/h2-9,11,19H,1H3,(H2,25,30)(H,27,28,31). The number of thiazole rings is 1. The van der Waals surface area contributed by atoms with Gasteiger partial charge in [0.1, 0.15) is 27.6 Å². The topological polar surface area (TPSA) is 178 Å². The van der Waals surface area contributed by atoms with Crippen LogP contribution in [0.4, 0.5) is 5.69 Å². The van der Waals surface area contributed by atoms with Gasteiger partial charge in [0.15, 0.2) is 5.16 Å². The van der Waals surface area contributed by atoms with Gasteiger partial charge in [-0.05, 0) is 12.1 Å². The molecule has 13 heteroatoms. The Morgan fingerprint density at radius 2 is 2.00 bits per heavy atom. The number of hydrogen-bond acceptors (Lipinski definition) is 10. The Labute approximate surface area is 211 Å². The molecule has 0 aliphatic rings. The number of hydrogen-bond donors (Lipinski definition) is 2. The highest BCUT2D eigenvalue weighted by Gasteiger charge is 2.26. The fourth-order valence-corrected chi connectivity index (χ4v) is 5.16. The van der Waals surface area contributed by atoms with Crippen LogP contribution in [0.1, 0.15) is 15.8 Å². The molecule has 3 N–H and O–H groups in total. The van der Waals surface area contributed by atoms with Crippen molar-refractivity contribution in [2.75, 3.05) is 7.11 Å². The minimum atomic E-state index is -1.02. The number of non-ortho nitro benzene ring substituents is 1. The Bertz CT molecular complexity index is 1580. The van der Waals surface area contributed by atoms with Gasteiger partial charge in [-0.1, -0.05) is 36.0 Å². The molecule has 2 heterocycles. The number of amides is 1. The van der Waals surface area contributed by atoms with Crippen LogP contribution in [0.15, 0.2) is 63.9 Å². The minimum Gasteiger partial charge on any atom is -0.497 e. The van der Waals surface area contributed by atoms with Gasteiger partial charge in [0, 0.05) is 28.6 Å². The van der Waals surface area contributed by atoms with Crippen LogP contribution in [-0.4, -0.2) is 32.9 Å². The van der Waals surface area contributed by atoms with E-state index >= 15 is 0 Å². The molecule has 4 aromatic rings. The monoisotopic (exact) mass is 520 g/mol. The molecule has 0 saturated carbocycles. The molecular formula is C23H16N6O5S2. The predicted octanol–water partition coefficient (Wildman–Crippen LogP) is 3.67. The zero-order chi connectivity index (χ0) is 25.8. The highest BCUT2D eigenvalue weighted by Crippen LogP contribution is 2.37. The van der Waals surface area contributed by atoms with E-state index in [1.54, 1.807) is 35.7 Å². The van der Waals surface area contributed by atoms with E-state index < -0.39 is 21.6 Å². The van der Waals surface area contributed by atoms with Gasteiger partial charge in [0.2, 0.25) is 5.91 Å². The number of primary amides is 1. The van der Waals surface area contributed by atoms with Gasteiger partial charge in [0.25, 0.3) is 11.2 Å². The average Bonchev–Trinajstić information content (AvgIpc) is 3.37. The predicted molar refractivity (Wildman–Crippen MR) is 134 cm³/mol. The lowest BCUT2D eigenvalue weighted by Crippen LogP contribution is -2.21. The van der Waals surface area contributed by atoms with E-state index in [1.165, 1.54) is 25.3 Å². The number of H-pyrrole nitrogens is 1. The lowest BCUT2D eigenvalue weighted by Gasteiger charge is -2.11. The van der Waals surface area contributed by atoms with Gasteiger partial charge in [-0.2, -0.15) is 5.26 Å². The molecular weight excluding hydrogens is 504 g/mol. The fraction of sp³-hybridized carbons (Fsp3) is 0.0870. The van der Waals surface area contributed by atoms with Gasteiger partial charge in [-0.3, -0.25) is 19.7 Å². The quantitative estimate of drug-likeness (QED) is 0.152. The van der Waals surface area contributed by atoms with Gasteiger partial charge in [-0.25, -0.2) is 9.97 Å². The van der Waals surface area contributed by atoms with Crippen LogP contribution in [0.25, 0.3) is 22.5 Å². The molecule has 1 unspecified atom stereocenters. The van der Waals surface area contributed by atoms with Crippen LogP contribution in [0.5, 0.6) is 5.75 Å². The SMILES string of the molecule is COc1cccc(-c2nc(SC(C(N)=O)c3nc(-c4cccc([N+](=O)[O-])c4)cs3)[nH]c(=O)c2C#N)c1. The maximum Gasteiger partial charge on any atom is 0.270 e. The number of nitriles is 1. The van der Waals surface area contributed by atoms with Crippen molar-refractivity contribution in [3.63, 3.8) is 0 Å². The molecule has 4 rings (SSSR count). The Morgan fingerprint density at radius 1 is 1.25 bits per heavy atom. The summed E-state index contributed by atoms with van der Waals surface area (Å²) < 4.78 is 5.22.